The quantitative estimate of drug-likeness (QED) is 0.738. The minimum atomic E-state index is -0.411. The van der Waals surface area contributed by atoms with E-state index in [1.165, 1.54) is 6.39 Å². The second-order valence-corrected chi connectivity index (χ2v) is 3.16. The van der Waals surface area contributed by atoms with Crippen molar-refractivity contribution in [2.75, 3.05) is 6.54 Å². The smallest absolute Gasteiger partial charge is 0.288 e. The highest BCUT2D eigenvalue weighted by molar-refractivity contribution is 5.92. The lowest BCUT2D eigenvalue weighted by molar-refractivity contribution is 0.0917. The van der Waals surface area contributed by atoms with E-state index in [0.29, 0.717) is 18.7 Å². The van der Waals surface area contributed by atoms with Gasteiger partial charge in [-0.2, -0.15) is 0 Å². The van der Waals surface area contributed by atoms with Gasteiger partial charge in [-0.15, -0.1) is 0 Å². The summed E-state index contributed by atoms with van der Waals surface area (Å²) in [6.45, 7) is 3.80. The molecule has 5 nitrogen and oxygen atoms in total. The molecule has 0 aliphatic heterocycles. The van der Waals surface area contributed by atoms with E-state index in [-0.39, 0.29) is 11.7 Å². The van der Waals surface area contributed by atoms with E-state index in [4.69, 9.17) is 9.52 Å². The molecule has 0 aliphatic rings. The van der Waals surface area contributed by atoms with Crippen LogP contribution in [0, 0.1) is 6.92 Å². The number of aliphatic hydroxyl groups is 1. The van der Waals surface area contributed by atoms with Gasteiger partial charge in [-0.05, 0) is 20.3 Å². The van der Waals surface area contributed by atoms with Gasteiger partial charge in [0.25, 0.3) is 5.91 Å². The monoisotopic (exact) mass is 198 g/mol. The van der Waals surface area contributed by atoms with Crippen LogP contribution in [-0.4, -0.2) is 28.6 Å². The van der Waals surface area contributed by atoms with Crippen LogP contribution in [-0.2, 0) is 0 Å². The van der Waals surface area contributed by atoms with Gasteiger partial charge in [-0.1, -0.05) is 0 Å². The first-order valence-corrected chi connectivity index (χ1v) is 4.47. The summed E-state index contributed by atoms with van der Waals surface area (Å²) in [7, 11) is 0. The highest BCUT2D eigenvalue weighted by Crippen LogP contribution is 2.04. The third-order valence-electron chi connectivity index (χ3n) is 1.80. The Morgan fingerprint density at radius 3 is 3.00 bits per heavy atom. The molecule has 1 heterocycles. The molecule has 1 atom stereocenters. The van der Waals surface area contributed by atoms with Crippen molar-refractivity contribution in [1.29, 1.82) is 0 Å². The van der Waals surface area contributed by atoms with Crippen LogP contribution >= 0.6 is 0 Å². The van der Waals surface area contributed by atoms with Crippen LogP contribution in [0.15, 0.2) is 10.8 Å². The zero-order chi connectivity index (χ0) is 10.6. The maximum atomic E-state index is 11.4. The molecule has 0 saturated heterocycles. The van der Waals surface area contributed by atoms with Crippen molar-refractivity contribution in [3.63, 3.8) is 0 Å². The number of carbonyl (C=O) groups excluding carboxylic acids is 1. The number of aryl methyl sites for hydroxylation is 1. The molecule has 1 aromatic heterocycles. The molecule has 0 bridgehead atoms. The Balaban J connectivity index is 2.40. The predicted molar refractivity (Wildman–Crippen MR) is 49.9 cm³/mol. The van der Waals surface area contributed by atoms with Gasteiger partial charge in [0.1, 0.15) is 0 Å². The number of nitrogens with one attached hydrogen (secondary N) is 1. The fraction of sp³-hybridized carbons (Fsp3) is 0.556. The molecule has 78 valence electrons. The van der Waals surface area contributed by atoms with Crippen molar-refractivity contribution in [2.45, 2.75) is 26.4 Å². The van der Waals surface area contributed by atoms with Crippen molar-refractivity contribution >= 4 is 5.91 Å². The zero-order valence-corrected chi connectivity index (χ0v) is 8.28. The van der Waals surface area contributed by atoms with E-state index >= 15 is 0 Å². The molecule has 5 heteroatoms. The Morgan fingerprint density at radius 2 is 2.50 bits per heavy atom. The minimum absolute atomic E-state index is 0.232. The van der Waals surface area contributed by atoms with Gasteiger partial charge in [-0.3, -0.25) is 4.79 Å². The number of oxazole rings is 1. The molecule has 1 rings (SSSR count). The van der Waals surface area contributed by atoms with Crippen molar-refractivity contribution in [1.82, 2.24) is 10.3 Å². The molecule has 1 amide bonds. The highest BCUT2D eigenvalue weighted by Gasteiger charge is 2.12. The topological polar surface area (TPSA) is 75.4 Å². The lowest BCUT2D eigenvalue weighted by Crippen LogP contribution is -2.26. The van der Waals surface area contributed by atoms with Gasteiger partial charge in [0.2, 0.25) is 5.76 Å². The number of nitrogens with zero attached hydrogens (tertiary/aromatic N) is 1. The van der Waals surface area contributed by atoms with Gasteiger partial charge in [0.15, 0.2) is 6.39 Å². The van der Waals surface area contributed by atoms with Crippen molar-refractivity contribution in [2.24, 2.45) is 0 Å². The number of hydrogen-bond acceptors (Lipinski definition) is 4. The van der Waals surface area contributed by atoms with Gasteiger partial charge < -0.3 is 14.8 Å². The summed E-state index contributed by atoms with van der Waals surface area (Å²) in [5, 5.41) is 11.6. The molecule has 0 spiro atoms. The highest BCUT2D eigenvalue weighted by atomic mass is 16.3. The first-order valence-electron chi connectivity index (χ1n) is 4.47. The molecule has 0 saturated carbocycles. The van der Waals surface area contributed by atoms with E-state index in [0.717, 1.165) is 0 Å². The molecule has 0 aromatic carbocycles. The SMILES string of the molecule is Cc1ncoc1C(=O)NCCC(C)O. The fourth-order valence-corrected chi connectivity index (χ4v) is 0.995. The first kappa shape index (κ1) is 10.7. The van der Waals surface area contributed by atoms with E-state index in [1.54, 1.807) is 13.8 Å². The van der Waals surface area contributed by atoms with Gasteiger partial charge in [0.05, 0.1) is 11.8 Å². The number of aromatic nitrogens is 1. The van der Waals surface area contributed by atoms with Crippen molar-refractivity contribution in [3.05, 3.63) is 17.8 Å². The summed E-state index contributed by atoms with van der Waals surface area (Å²) in [5.74, 6) is -0.0590. The molecule has 0 radical (unpaired) electrons. The molecule has 1 aromatic rings. The van der Waals surface area contributed by atoms with E-state index in [1.807, 2.05) is 0 Å². The number of amides is 1. The average molecular weight is 198 g/mol. The minimum Gasteiger partial charge on any atom is -0.438 e. The summed E-state index contributed by atoms with van der Waals surface area (Å²) in [6.07, 6.45) is 1.35. The van der Waals surface area contributed by atoms with Gasteiger partial charge >= 0.3 is 0 Å². The second-order valence-electron chi connectivity index (χ2n) is 3.16. The average Bonchev–Trinajstić information content (AvgIpc) is 2.50. The third kappa shape index (κ3) is 2.85. The maximum absolute atomic E-state index is 11.4. The van der Waals surface area contributed by atoms with E-state index < -0.39 is 6.10 Å². The third-order valence-corrected chi connectivity index (χ3v) is 1.80. The predicted octanol–water partition coefficient (Wildman–Crippen LogP) is 0.484. The van der Waals surface area contributed by atoms with Crippen LogP contribution in [0.3, 0.4) is 0 Å². The summed E-state index contributed by atoms with van der Waals surface area (Å²) in [6, 6.07) is 0. The van der Waals surface area contributed by atoms with Crippen molar-refractivity contribution in [3.8, 4) is 0 Å². The van der Waals surface area contributed by atoms with Crippen molar-refractivity contribution < 1.29 is 14.3 Å². The van der Waals surface area contributed by atoms with Crippen LogP contribution in [0.5, 0.6) is 0 Å². The summed E-state index contributed by atoms with van der Waals surface area (Å²) in [4.78, 5) is 15.2. The second kappa shape index (κ2) is 4.76. The van der Waals surface area contributed by atoms with Crippen LogP contribution in [0.4, 0.5) is 0 Å². The Bertz CT molecular complexity index is 307. The number of aliphatic hydroxyl groups excluding tert-OH is 1. The molecule has 0 fully saturated rings. The van der Waals surface area contributed by atoms with Crippen LogP contribution in [0.2, 0.25) is 0 Å². The van der Waals surface area contributed by atoms with Crippen LogP contribution < -0.4 is 5.32 Å². The van der Waals surface area contributed by atoms with Gasteiger partial charge in [0, 0.05) is 6.54 Å². The molecule has 0 aliphatic carbocycles. The Labute approximate surface area is 82.1 Å². The largest absolute Gasteiger partial charge is 0.438 e. The van der Waals surface area contributed by atoms with Gasteiger partial charge in [-0.25, -0.2) is 4.98 Å². The zero-order valence-electron chi connectivity index (χ0n) is 8.28. The molecule has 14 heavy (non-hydrogen) atoms. The van der Waals surface area contributed by atoms with E-state index in [9.17, 15) is 4.79 Å². The molecule has 1 unspecified atom stereocenters. The lowest BCUT2D eigenvalue weighted by atomic mass is 10.3. The Kier molecular flexibility index (Phi) is 3.64. The van der Waals surface area contributed by atoms with Crippen LogP contribution in [0.25, 0.3) is 0 Å². The molecule has 2 N–H and O–H groups in total. The first-order chi connectivity index (χ1) is 6.61. The summed E-state index contributed by atoms with van der Waals surface area (Å²) >= 11 is 0. The Morgan fingerprint density at radius 1 is 1.79 bits per heavy atom. The number of rotatable bonds is 4. The summed E-state index contributed by atoms with van der Waals surface area (Å²) in [5.41, 5.74) is 0.569. The molecular formula is C9H14N2O3. The maximum Gasteiger partial charge on any atom is 0.288 e. The van der Waals surface area contributed by atoms with Crippen LogP contribution in [0.1, 0.15) is 29.6 Å². The summed E-state index contributed by atoms with van der Waals surface area (Å²) < 4.78 is 4.90. The normalized spacial score (nSPS) is 12.5. The Hall–Kier alpha value is -1.36. The van der Waals surface area contributed by atoms with E-state index in [2.05, 4.69) is 10.3 Å². The molecular weight excluding hydrogens is 184 g/mol. The number of hydrogen-bond donors (Lipinski definition) is 2. The standard InChI is InChI=1S/C9H14N2O3/c1-6(12)3-4-10-9(13)8-7(2)11-5-14-8/h5-6,12H,3-4H2,1-2H3,(H,10,13). The lowest BCUT2D eigenvalue weighted by Gasteiger charge is -2.04. The number of carbonyl (C=O) groups is 1. The fourth-order valence-electron chi connectivity index (χ4n) is 0.995.